The first kappa shape index (κ1) is 27.2. The van der Waals surface area contributed by atoms with E-state index in [2.05, 4.69) is 10.2 Å². The van der Waals surface area contributed by atoms with Crippen LogP contribution in [0.5, 0.6) is 5.75 Å². The number of ether oxygens (including phenoxy) is 3. The number of aromatic amines is 1. The number of H-pyrrole nitrogens is 1. The number of aryl methyl sites for hydroxylation is 1. The van der Waals surface area contributed by atoms with Gasteiger partial charge in [0.15, 0.2) is 12.8 Å². The highest BCUT2D eigenvalue weighted by Crippen LogP contribution is 2.35. The molecule has 1 aliphatic heterocycles. The van der Waals surface area contributed by atoms with Crippen LogP contribution < -0.4 is 4.74 Å². The highest BCUT2D eigenvalue weighted by molar-refractivity contribution is 7.86. The molecule has 13 heteroatoms. The summed E-state index contributed by atoms with van der Waals surface area (Å²) in [6, 6.07) is 10.7. The zero-order chi connectivity index (χ0) is 27.5. The summed E-state index contributed by atoms with van der Waals surface area (Å²) in [5.41, 5.74) is 2.87. The smallest absolute Gasteiger partial charge is 0.421 e. The van der Waals surface area contributed by atoms with Crippen molar-refractivity contribution in [3.05, 3.63) is 60.4 Å². The molecule has 208 valence electrons. The fraction of sp³-hybridized carbons (Fsp3) is 0.385. The second-order valence-corrected chi connectivity index (χ2v) is 10.8. The number of fused-ring (bicyclic) bond motifs is 1. The molecule has 1 saturated heterocycles. The van der Waals surface area contributed by atoms with Gasteiger partial charge in [0.1, 0.15) is 11.4 Å². The average Bonchev–Trinajstić information content (AvgIpc) is 3.57. The molecule has 5 rings (SSSR count). The van der Waals surface area contributed by atoms with Crippen LogP contribution in [0.25, 0.3) is 22.2 Å². The first-order chi connectivity index (χ1) is 18.7. The van der Waals surface area contributed by atoms with Crippen LogP contribution in [0, 0.1) is 6.92 Å². The largest absolute Gasteiger partial charge is 0.431 e. The summed E-state index contributed by atoms with van der Waals surface area (Å²) in [5.74, 6) is -0.0804. The molecule has 1 N–H and O–H groups in total. The lowest BCUT2D eigenvalue weighted by Gasteiger charge is -2.23. The third-order valence-electron chi connectivity index (χ3n) is 6.19. The van der Waals surface area contributed by atoms with Crippen molar-refractivity contribution in [2.24, 2.45) is 0 Å². The van der Waals surface area contributed by atoms with Gasteiger partial charge in [0.2, 0.25) is 0 Å². The molecule has 0 spiro atoms. The zero-order valence-electron chi connectivity index (χ0n) is 21.2. The highest BCUT2D eigenvalue weighted by Gasteiger charge is 2.33. The van der Waals surface area contributed by atoms with Crippen molar-refractivity contribution >= 4 is 21.0 Å². The summed E-state index contributed by atoms with van der Waals surface area (Å²) in [4.78, 5) is -0.0229. The fourth-order valence-electron chi connectivity index (χ4n) is 4.28. The van der Waals surface area contributed by atoms with Gasteiger partial charge < -0.3 is 14.2 Å². The summed E-state index contributed by atoms with van der Waals surface area (Å²) in [6.45, 7) is 0.561. The van der Waals surface area contributed by atoms with Gasteiger partial charge in [-0.25, -0.2) is 4.68 Å². The van der Waals surface area contributed by atoms with Crippen molar-refractivity contribution in [1.29, 1.82) is 0 Å². The molecular formula is C26H28F2N4O6S. The Kier molecular flexibility index (Phi) is 7.93. The van der Waals surface area contributed by atoms with Gasteiger partial charge in [-0.15, -0.1) is 0 Å². The van der Waals surface area contributed by atoms with Crippen molar-refractivity contribution in [3.8, 4) is 17.0 Å². The van der Waals surface area contributed by atoms with E-state index in [-0.39, 0.29) is 23.5 Å². The maximum absolute atomic E-state index is 14.6. The van der Waals surface area contributed by atoms with Gasteiger partial charge >= 0.3 is 6.11 Å². The molecule has 0 radical (unpaired) electrons. The van der Waals surface area contributed by atoms with E-state index >= 15 is 0 Å². The van der Waals surface area contributed by atoms with Gasteiger partial charge in [0.25, 0.3) is 10.1 Å². The van der Waals surface area contributed by atoms with Crippen LogP contribution in [0.2, 0.25) is 0 Å². The summed E-state index contributed by atoms with van der Waals surface area (Å²) in [5, 5.41) is 12.0. The SMILES string of the molecule is Cc1ccc(S(=O)(=O)OCCOCC(F)(F)Oc2ccc3c(c2)c(-c2cn[nH]c2)nn3C2CCCCO2)cc1. The predicted molar refractivity (Wildman–Crippen MR) is 137 cm³/mol. The Morgan fingerprint density at radius 3 is 2.69 bits per heavy atom. The Morgan fingerprint density at radius 1 is 1.15 bits per heavy atom. The van der Waals surface area contributed by atoms with E-state index in [0.717, 1.165) is 30.3 Å². The summed E-state index contributed by atoms with van der Waals surface area (Å²) in [7, 11) is -4.01. The van der Waals surface area contributed by atoms with Crippen molar-refractivity contribution in [1.82, 2.24) is 20.0 Å². The van der Waals surface area contributed by atoms with Crippen molar-refractivity contribution in [3.63, 3.8) is 0 Å². The number of halogens is 2. The van der Waals surface area contributed by atoms with Gasteiger partial charge in [-0.05, 0) is 56.5 Å². The number of nitrogens with one attached hydrogen (secondary N) is 1. The van der Waals surface area contributed by atoms with Crippen LogP contribution in [0.3, 0.4) is 0 Å². The van der Waals surface area contributed by atoms with Gasteiger partial charge in [-0.3, -0.25) is 9.28 Å². The molecule has 0 amide bonds. The maximum atomic E-state index is 14.6. The lowest BCUT2D eigenvalue weighted by atomic mass is 10.1. The van der Waals surface area contributed by atoms with Gasteiger partial charge in [0, 0.05) is 23.8 Å². The Hall–Kier alpha value is -3.39. The highest BCUT2D eigenvalue weighted by atomic mass is 32.2. The molecule has 0 aliphatic carbocycles. The maximum Gasteiger partial charge on any atom is 0.421 e. The van der Waals surface area contributed by atoms with Gasteiger partial charge in [-0.2, -0.15) is 27.4 Å². The number of alkyl halides is 2. The van der Waals surface area contributed by atoms with Crippen molar-refractivity contribution in [2.45, 2.75) is 43.4 Å². The lowest BCUT2D eigenvalue weighted by Crippen LogP contribution is -2.31. The van der Waals surface area contributed by atoms with E-state index in [0.29, 0.717) is 23.3 Å². The molecule has 2 aromatic heterocycles. The summed E-state index contributed by atoms with van der Waals surface area (Å²) >= 11 is 0. The van der Waals surface area contributed by atoms with Crippen LogP contribution in [-0.4, -0.2) is 60.9 Å². The standard InChI is InChI=1S/C26H28F2N4O6S/c1-18-5-8-21(9-6-18)39(33,34)37-13-12-35-17-26(27,28)38-20-7-10-23-22(14-20)25(19-15-29-30-16-19)31-32(23)24-4-2-3-11-36-24/h5-10,14-16,24H,2-4,11-13,17H2,1H3,(H,29,30). The molecule has 0 bridgehead atoms. The Bertz CT molecular complexity index is 1500. The Balaban J connectivity index is 1.23. The fourth-order valence-corrected chi connectivity index (χ4v) is 5.17. The molecule has 1 fully saturated rings. The summed E-state index contributed by atoms with van der Waals surface area (Å²) < 4.78 is 76.0. The molecule has 39 heavy (non-hydrogen) atoms. The van der Waals surface area contributed by atoms with Gasteiger partial charge in [0.05, 0.1) is 29.8 Å². The molecule has 10 nitrogen and oxygen atoms in total. The Morgan fingerprint density at radius 2 is 1.97 bits per heavy atom. The number of hydrogen-bond acceptors (Lipinski definition) is 8. The Labute approximate surface area is 223 Å². The molecule has 1 aliphatic rings. The molecule has 3 heterocycles. The first-order valence-corrected chi connectivity index (χ1v) is 13.9. The quantitative estimate of drug-likeness (QED) is 0.204. The third kappa shape index (κ3) is 6.44. The molecule has 4 aromatic rings. The first-order valence-electron chi connectivity index (χ1n) is 12.5. The lowest BCUT2D eigenvalue weighted by molar-refractivity contribution is -0.212. The topological polar surface area (TPSA) is 118 Å². The third-order valence-corrected chi connectivity index (χ3v) is 7.52. The summed E-state index contributed by atoms with van der Waals surface area (Å²) in [6.07, 6.45) is 2.13. The van der Waals surface area contributed by atoms with Crippen LogP contribution in [-0.2, 0) is 23.8 Å². The second-order valence-electron chi connectivity index (χ2n) is 9.16. The van der Waals surface area contributed by atoms with E-state index in [9.17, 15) is 17.2 Å². The zero-order valence-corrected chi connectivity index (χ0v) is 22.0. The predicted octanol–water partition coefficient (Wildman–Crippen LogP) is 4.83. The minimum Gasteiger partial charge on any atom is -0.431 e. The van der Waals surface area contributed by atoms with Crippen LogP contribution in [0.15, 0.2) is 59.8 Å². The minimum absolute atomic E-state index is 0.0229. The van der Waals surface area contributed by atoms with Crippen molar-refractivity contribution in [2.75, 3.05) is 26.4 Å². The van der Waals surface area contributed by atoms with Gasteiger partial charge in [-0.1, -0.05) is 17.7 Å². The van der Waals surface area contributed by atoms with E-state index in [1.54, 1.807) is 35.3 Å². The monoisotopic (exact) mass is 562 g/mol. The molecule has 1 atom stereocenters. The molecule has 0 saturated carbocycles. The van der Waals surface area contributed by atoms with Crippen LogP contribution >= 0.6 is 0 Å². The van der Waals surface area contributed by atoms with E-state index in [4.69, 9.17) is 23.5 Å². The van der Waals surface area contributed by atoms with E-state index < -0.39 is 29.4 Å². The minimum atomic E-state index is -4.01. The second kappa shape index (κ2) is 11.4. The normalized spacial score (nSPS) is 16.5. The average molecular weight is 563 g/mol. The number of aromatic nitrogens is 4. The molecule has 2 aromatic carbocycles. The molecule has 1 unspecified atom stereocenters. The number of benzene rings is 2. The van der Waals surface area contributed by atoms with Crippen molar-refractivity contribution < 1.29 is 35.6 Å². The number of rotatable bonds is 11. The van der Waals surface area contributed by atoms with E-state index in [1.807, 2.05) is 6.92 Å². The number of nitrogens with zero attached hydrogens (tertiary/aromatic N) is 3. The van der Waals surface area contributed by atoms with E-state index in [1.165, 1.54) is 24.3 Å². The number of hydrogen-bond donors (Lipinski definition) is 1. The van der Waals surface area contributed by atoms with Crippen LogP contribution in [0.4, 0.5) is 8.78 Å². The molecular weight excluding hydrogens is 534 g/mol. The van der Waals surface area contributed by atoms with Crippen LogP contribution in [0.1, 0.15) is 31.1 Å².